The lowest BCUT2D eigenvalue weighted by Crippen LogP contribution is -2.02. The van der Waals surface area contributed by atoms with Crippen molar-refractivity contribution in [3.63, 3.8) is 0 Å². The summed E-state index contributed by atoms with van der Waals surface area (Å²) in [7, 11) is 0. The van der Waals surface area contributed by atoms with Crippen LogP contribution in [0, 0.1) is 24.0 Å². The topological polar surface area (TPSA) is 94.1 Å². The van der Waals surface area contributed by atoms with Gasteiger partial charge in [0.1, 0.15) is 5.69 Å². The van der Waals surface area contributed by atoms with E-state index in [0.717, 1.165) is 11.1 Å². The first-order chi connectivity index (χ1) is 9.02. The maximum Gasteiger partial charge on any atom is 0.295 e. The molecule has 1 N–H and O–H groups in total. The summed E-state index contributed by atoms with van der Waals surface area (Å²) < 4.78 is 1.37. The molecule has 1 aromatic carbocycles. The zero-order valence-electron chi connectivity index (χ0n) is 10.7. The minimum Gasteiger partial charge on any atom is -0.396 e. The molecule has 0 bridgehead atoms. The minimum absolute atomic E-state index is 0.0106. The number of nitro benzene ring substituents is 1. The van der Waals surface area contributed by atoms with Gasteiger partial charge in [-0.05, 0) is 31.0 Å². The van der Waals surface area contributed by atoms with Gasteiger partial charge in [-0.25, -0.2) is 4.68 Å². The quantitative estimate of drug-likeness (QED) is 0.662. The number of benzene rings is 1. The van der Waals surface area contributed by atoms with E-state index in [1.807, 2.05) is 13.8 Å². The smallest absolute Gasteiger partial charge is 0.295 e. The Balaban J connectivity index is 2.53. The highest BCUT2D eigenvalue weighted by molar-refractivity contribution is 5.56. The Bertz CT molecular complexity index is 621. The fourth-order valence-corrected chi connectivity index (χ4v) is 1.76. The van der Waals surface area contributed by atoms with Crippen LogP contribution in [-0.4, -0.2) is 31.6 Å². The second kappa shape index (κ2) is 5.15. The van der Waals surface area contributed by atoms with E-state index in [0.29, 0.717) is 17.8 Å². The van der Waals surface area contributed by atoms with Gasteiger partial charge in [-0.3, -0.25) is 10.1 Å². The Morgan fingerprint density at radius 2 is 2.05 bits per heavy atom. The van der Waals surface area contributed by atoms with Crippen molar-refractivity contribution >= 4 is 5.69 Å². The monoisotopic (exact) mass is 262 g/mol. The summed E-state index contributed by atoms with van der Waals surface area (Å²) in [5.74, 6) is 0. The van der Waals surface area contributed by atoms with Gasteiger partial charge in [0.15, 0.2) is 0 Å². The van der Waals surface area contributed by atoms with Gasteiger partial charge in [0.05, 0.1) is 16.8 Å². The lowest BCUT2D eigenvalue weighted by molar-refractivity contribution is -0.384. The van der Waals surface area contributed by atoms with Gasteiger partial charge in [-0.15, -0.1) is 5.10 Å². The average molecular weight is 262 g/mol. The van der Waals surface area contributed by atoms with E-state index in [1.54, 1.807) is 12.3 Å². The summed E-state index contributed by atoms with van der Waals surface area (Å²) in [6, 6.07) is 3.24. The van der Waals surface area contributed by atoms with Gasteiger partial charge < -0.3 is 5.11 Å². The summed E-state index contributed by atoms with van der Waals surface area (Å²) in [4.78, 5) is 10.7. The molecule has 2 aromatic rings. The van der Waals surface area contributed by atoms with Crippen molar-refractivity contribution < 1.29 is 10.0 Å². The van der Waals surface area contributed by atoms with E-state index in [2.05, 4.69) is 10.3 Å². The van der Waals surface area contributed by atoms with Crippen LogP contribution in [0.3, 0.4) is 0 Å². The van der Waals surface area contributed by atoms with Gasteiger partial charge in [-0.1, -0.05) is 5.21 Å². The molecule has 100 valence electrons. The number of nitrogens with zero attached hydrogens (tertiary/aromatic N) is 4. The van der Waals surface area contributed by atoms with E-state index < -0.39 is 4.92 Å². The molecule has 1 aromatic heterocycles. The number of hydrogen-bond acceptors (Lipinski definition) is 5. The van der Waals surface area contributed by atoms with Gasteiger partial charge in [0, 0.05) is 19.1 Å². The van der Waals surface area contributed by atoms with Crippen LogP contribution in [0.4, 0.5) is 5.69 Å². The number of nitro groups is 1. The number of aryl methyl sites for hydroxylation is 2. The predicted molar refractivity (Wildman–Crippen MR) is 68.3 cm³/mol. The Morgan fingerprint density at radius 1 is 1.37 bits per heavy atom. The molecule has 7 heteroatoms. The standard InChI is InChI=1S/C12H14N4O3/c1-8-5-11(12(16(18)19)6-9(8)2)15-7-10(3-4-17)13-14-15/h5-7,17H,3-4H2,1-2H3. The predicted octanol–water partition coefficient (Wildman–Crippen LogP) is 1.33. The summed E-state index contributed by atoms with van der Waals surface area (Å²) >= 11 is 0. The van der Waals surface area contributed by atoms with Crippen LogP contribution in [0.2, 0.25) is 0 Å². The highest BCUT2D eigenvalue weighted by Gasteiger charge is 2.18. The number of hydrogen-bond donors (Lipinski definition) is 1. The van der Waals surface area contributed by atoms with Crippen LogP contribution in [0.1, 0.15) is 16.8 Å². The first-order valence-electron chi connectivity index (χ1n) is 5.81. The number of rotatable bonds is 4. The SMILES string of the molecule is Cc1cc(-n2cc(CCO)nn2)c([N+](=O)[O-])cc1C. The van der Waals surface area contributed by atoms with Crippen LogP contribution in [0.15, 0.2) is 18.3 Å². The van der Waals surface area contributed by atoms with Crippen molar-refractivity contribution in [1.29, 1.82) is 0 Å². The first kappa shape index (κ1) is 13.2. The molecule has 0 aliphatic heterocycles. The molecule has 0 unspecified atom stereocenters. The van der Waals surface area contributed by atoms with Gasteiger partial charge in [-0.2, -0.15) is 0 Å². The summed E-state index contributed by atoms with van der Waals surface area (Å²) in [6.45, 7) is 3.67. The zero-order valence-corrected chi connectivity index (χ0v) is 10.7. The third-order valence-corrected chi connectivity index (χ3v) is 2.94. The van der Waals surface area contributed by atoms with Gasteiger partial charge in [0.2, 0.25) is 0 Å². The molecule has 0 saturated carbocycles. The summed E-state index contributed by atoms with van der Waals surface area (Å²) in [5.41, 5.74) is 2.76. The molecule has 0 amide bonds. The Hall–Kier alpha value is -2.28. The first-order valence-corrected chi connectivity index (χ1v) is 5.81. The number of aliphatic hydroxyl groups is 1. The lowest BCUT2D eigenvalue weighted by Gasteiger charge is -2.06. The third kappa shape index (κ3) is 2.60. The second-order valence-corrected chi connectivity index (χ2v) is 4.31. The normalized spacial score (nSPS) is 10.7. The van der Waals surface area contributed by atoms with Crippen molar-refractivity contribution in [2.24, 2.45) is 0 Å². The highest BCUT2D eigenvalue weighted by Crippen LogP contribution is 2.26. The van der Waals surface area contributed by atoms with E-state index >= 15 is 0 Å². The maximum absolute atomic E-state index is 11.1. The van der Waals surface area contributed by atoms with E-state index in [-0.39, 0.29) is 12.3 Å². The molecule has 0 radical (unpaired) electrons. The fourth-order valence-electron chi connectivity index (χ4n) is 1.76. The van der Waals surface area contributed by atoms with Crippen molar-refractivity contribution in [3.05, 3.63) is 45.3 Å². The Kier molecular flexibility index (Phi) is 3.57. The maximum atomic E-state index is 11.1. The lowest BCUT2D eigenvalue weighted by atomic mass is 10.1. The van der Waals surface area contributed by atoms with Gasteiger partial charge >= 0.3 is 0 Å². The van der Waals surface area contributed by atoms with Crippen LogP contribution in [0.25, 0.3) is 5.69 Å². The van der Waals surface area contributed by atoms with Crippen molar-refractivity contribution in [2.45, 2.75) is 20.3 Å². The molecule has 2 rings (SSSR count). The summed E-state index contributed by atoms with van der Waals surface area (Å²) in [6.07, 6.45) is 1.96. The van der Waals surface area contributed by atoms with Gasteiger partial charge in [0.25, 0.3) is 5.69 Å². The van der Waals surface area contributed by atoms with Crippen molar-refractivity contribution in [3.8, 4) is 5.69 Å². The van der Waals surface area contributed by atoms with Crippen molar-refractivity contribution in [2.75, 3.05) is 6.61 Å². The molecule has 0 aliphatic carbocycles. The van der Waals surface area contributed by atoms with Crippen LogP contribution < -0.4 is 0 Å². The van der Waals surface area contributed by atoms with E-state index in [9.17, 15) is 10.1 Å². The molecule has 0 aliphatic rings. The molecule has 0 fully saturated rings. The molecule has 7 nitrogen and oxygen atoms in total. The van der Waals surface area contributed by atoms with Crippen LogP contribution >= 0.6 is 0 Å². The molecular weight excluding hydrogens is 248 g/mol. The average Bonchev–Trinajstić information content (AvgIpc) is 2.81. The molecule has 0 spiro atoms. The number of aromatic nitrogens is 3. The minimum atomic E-state index is -0.435. The van der Waals surface area contributed by atoms with Crippen LogP contribution in [-0.2, 0) is 6.42 Å². The van der Waals surface area contributed by atoms with E-state index in [4.69, 9.17) is 5.11 Å². The molecule has 0 saturated heterocycles. The number of aliphatic hydroxyl groups excluding tert-OH is 1. The van der Waals surface area contributed by atoms with Crippen LogP contribution in [0.5, 0.6) is 0 Å². The largest absolute Gasteiger partial charge is 0.396 e. The summed E-state index contributed by atoms with van der Waals surface area (Å²) in [5, 5.41) is 27.7. The third-order valence-electron chi connectivity index (χ3n) is 2.94. The Morgan fingerprint density at radius 3 is 2.68 bits per heavy atom. The zero-order chi connectivity index (χ0) is 14.0. The molecule has 1 heterocycles. The van der Waals surface area contributed by atoms with E-state index in [1.165, 1.54) is 10.7 Å². The fraction of sp³-hybridized carbons (Fsp3) is 0.333. The molecule has 0 atom stereocenters. The van der Waals surface area contributed by atoms with Crippen molar-refractivity contribution in [1.82, 2.24) is 15.0 Å². The molecular formula is C12H14N4O3. The second-order valence-electron chi connectivity index (χ2n) is 4.31. The molecule has 19 heavy (non-hydrogen) atoms. The highest BCUT2D eigenvalue weighted by atomic mass is 16.6. The Labute approximate surface area is 109 Å².